The number of carbonyl (C=O) groups excluding carboxylic acids is 1. The van der Waals surface area contributed by atoms with Crippen LogP contribution in [0.1, 0.15) is 52.6 Å². The van der Waals surface area contributed by atoms with Crippen LogP contribution in [0.5, 0.6) is 0 Å². The summed E-state index contributed by atoms with van der Waals surface area (Å²) in [6.07, 6.45) is 0.898. The van der Waals surface area contributed by atoms with Crippen molar-refractivity contribution in [2.75, 3.05) is 0 Å². The Morgan fingerprint density at radius 2 is 2.00 bits per heavy atom. The van der Waals surface area contributed by atoms with Crippen LogP contribution in [0.2, 0.25) is 5.02 Å². The monoisotopic (exact) mass is 296 g/mol. The highest BCUT2D eigenvalue weighted by molar-refractivity contribution is 6.30. The third-order valence-electron chi connectivity index (χ3n) is 3.59. The van der Waals surface area contributed by atoms with E-state index in [9.17, 15) is 4.79 Å². The summed E-state index contributed by atoms with van der Waals surface area (Å²) in [6, 6.07) is 7.50. The Morgan fingerprint density at radius 3 is 2.55 bits per heavy atom. The van der Waals surface area contributed by atoms with Crippen molar-refractivity contribution in [3.8, 4) is 0 Å². The Bertz CT molecular complexity index is 460. The van der Waals surface area contributed by atoms with Crippen molar-refractivity contribution >= 4 is 17.5 Å². The van der Waals surface area contributed by atoms with Gasteiger partial charge in [0.15, 0.2) is 0 Å². The minimum Gasteiger partial charge on any atom is -0.350 e. The third kappa shape index (κ3) is 5.14. The molecule has 0 aliphatic heterocycles. The van der Waals surface area contributed by atoms with Crippen LogP contribution in [0.15, 0.2) is 24.3 Å². The molecule has 0 aliphatic carbocycles. The van der Waals surface area contributed by atoms with Crippen LogP contribution in [0, 0.1) is 0 Å². The summed E-state index contributed by atoms with van der Waals surface area (Å²) >= 11 is 5.99. The second-order valence-corrected chi connectivity index (χ2v) is 6.33. The molecule has 112 valence electrons. The number of halogens is 1. The predicted octanol–water partition coefficient (Wildman–Crippen LogP) is 3.68. The maximum atomic E-state index is 12.2. The second-order valence-electron chi connectivity index (χ2n) is 5.89. The molecule has 1 aromatic rings. The highest BCUT2D eigenvalue weighted by Gasteiger charge is 2.22. The molecular formula is C16H25ClN2O. The number of rotatable bonds is 6. The van der Waals surface area contributed by atoms with E-state index in [1.54, 1.807) is 0 Å². The Morgan fingerprint density at radius 1 is 1.35 bits per heavy atom. The minimum absolute atomic E-state index is 0.0192. The lowest BCUT2D eigenvalue weighted by Crippen LogP contribution is -2.51. The van der Waals surface area contributed by atoms with Crippen molar-refractivity contribution in [3.63, 3.8) is 0 Å². The highest BCUT2D eigenvalue weighted by atomic mass is 35.5. The lowest BCUT2D eigenvalue weighted by molar-refractivity contribution is -0.124. The fraction of sp³-hybridized carbons (Fsp3) is 0.562. The van der Waals surface area contributed by atoms with E-state index in [0.29, 0.717) is 5.02 Å². The van der Waals surface area contributed by atoms with Gasteiger partial charge in [0, 0.05) is 16.6 Å². The summed E-state index contributed by atoms with van der Waals surface area (Å²) in [5.74, 6) is 0.0192. The van der Waals surface area contributed by atoms with Gasteiger partial charge in [-0.1, -0.05) is 30.7 Å². The maximum absolute atomic E-state index is 12.2. The number of carbonyl (C=O) groups is 1. The summed E-state index contributed by atoms with van der Waals surface area (Å²) in [4.78, 5) is 12.2. The zero-order valence-electron chi connectivity index (χ0n) is 13.0. The van der Waals surface area contributed by atoms with E-state index < -0.39 is 0 Å². The van der Waals surface area contributed by atoms with Crippen LogP contribution in [0.3, 0.4) is 0 Å². The van der Waals surface area contributed by atoms with Gasteiger partial charge in [0.1, 0.15) is 0 Å². The second kappa shape index (κ2) is 7.09. The molecule has 0 aliphatic rings. The molecule has 0 saturated heterocycles. The number of nitrogens with one attached hydrogen (secondary N) is 2. The summed E-state index contributed by atoms with van der Waals surface area (Å²) in [5.41, 5.74) is 0.902. The van der Waals surface area contributed by atoms with Crippen LogP contribution in [0.25, 0.3) is 0 Å². The molecule has 0 bridgehead atoms. The summed E-state index contributed by atoms with van der Waals surface area (Å²) in [7, 11) is 0. The molecule has 3 nitrogen and oxygen atoms in total. The number of amides is 1. The number of hydrogen-bond acceptors (Lipinski definition) is 2. The lowest BCUT2D eigenvalue weighted by Gasteiger charge is -2.28. The molecule has 2 unspecified atom stereocenters. The van der Waals surface area contributed by atoms with Gasteiger partial charge in [-0.05, 0) is 51.8 Å². The Labute approximate surface area is 127 Å². The zero-order chi connectivity index (χ0) is 15.3. The molecular weight excluding hydrogens is 272 g/mol. The molecule has 0 radical (unpaired) electrons. The van der Waals surface area contributed by atoms with E-state index in [-0.39, 0.29) is 23.5 Å². The van der Waals surface area contributed by atoms with Crippen molar-refractivity contribution in [2.45, 2.75) is 58.7 Å². The number of benzene rings is 1. The molecule has 0 aromatic heterocycles. The first-order valence-corrected chi connectivity index (χ1v) is 7.46. The molecule has 1 amide bonds. The van der Waals surface area contributed by atoms with E-state index in [0.717, 1.165) is 12.0 Å². The van der Waals surface area contributed by atoms with E-state index in [4.69, 9.17) is 11.6 Å². The maximum Gasteiger partial charge on any atom is 0.237 e. The molecule has 2 N–H and O–H groups in total. The fourth-order valence-electron chi connectivity index (χ4n) is 1.85. The summed E-state index contributed by atoms with van der Waals surface area (Å²) in [5, 5.41) is 7.05. The normalized spacial score (nSPS) is 14.7. The molecule has 0 fully saturated rings. The van der Waals surface area contributed by atoms with Crippen molar-refractivity contribution in [2.24, 2.45) is 0 Å². The van der Waals surface area contributed by atoms with Gasteiger partial charge in [-0.25, -0.2) is 0 Å². The molecule has 20 heavy (non-hydrogen) atoms. The van der Waals surface area contributed by atoms with Crippen molar-refractivity contribution in [1.29, 1.82) is 0 Å². The summed E-state index contributed by atoms with van der Waals surface area (Å²) in [6.45, 7) is 10.0. The largest absolute Gasteiger partial charge is 0.350 e. The van der Waals surface area contributed by atoms with Crippen molar-refractivity contribution in [1.82, 2.24) is 10.6 Å². The van der Waals surface area contributed by atoms with Gasteiger partial charge in [0.25, 0.3) is 0 Å². The molecule has 1 aromatic carbocycles. The molecule has 0 heterocycles. The average molecular weight is 297 g/mol. The molecule has 4 heteroatoms. The molecule has 0 spiro atoms. The quantitative estimate of drug-likeness (QED) is 0.841. The minimum atomic E-state index is -0.255. The van der Waals surface area contributed by atoms with Crippen LogP contribution < -0.4 is 10.6 Å². The first kappa shape index (κ1) is 17.0. The van der Waals surface area contributed by atoms with Gasteiger partial charge in [-0.3, -0.25) is 10.1 Å². The predicted molar refractivity (Wildman–Crippen MR) is 85.0 cm³/mol. The van der Waals surface area contributed by atoms with Crippen LogP contribution in [-0.4, -0.2) is 17.5 Å². The third-order valence-corrected chi connectivity index (χ3v) is 3.82. The fourth-order valence-corrected chi connectivity index (χ4v) is 2.05. The highest BCUT2D eigenvalue weighted by Crippen LogP contribution is 2.18. The Hall–Kier alpha value is -1.06. The Balaban J connectivity index is 2.61. The first-order chi connectivity index (χ1) is 9.25. The first-order valence-electron chi connectivity index (χ1n) is 7.08. The standard InChI is InChI=1S/C16H25ClN2O/c1-6-16(4,5)19-15(20)12(3)18-11(2)13-8-7-9-14(17)10-13/h7-12,18H,6H2,1-5H3,(H,19,20). The smallest absolute Gasteiger partial charge is 0.237 e. The van der Waals surface area contributed by atoms with Gasteiger partial charge in [0.2, 0.25) is 5.91 Å². The lowest BCUT2D eigenvalue weighted by atomic mass is 10.0. The van der Waals surface area contributed by atoms with E-state index in [2.05, 4.69) is 17.6 Å². The zero-order valence-corrected chi connectivity index (χ0v) is 13.7. The molecule has 0 saturated carbocycles. The van der Waals surface area contributed by atoms with Crippen LogP contribution in [-0.2, 0) is 4.79 Å². The van der Waals surface area contributed by atoms with E-state index >= 15 is 0 Å². The van der Waals surface area contributed by atoms with Gasteiger partial charge in [-0.2, -0.15) is 0 Å². The van der Waals surface area contributed by atoms with Crippen molar-refractivity contribution in [3.05, 3.63) is 34.9 Å². The van der Waals surface area contributed by atoms with Gasteiger partial charge in [-0.15, -0.1) is 0 Å². The molecule has 1 rings (SSSR count). The number of hydrogen-bond donors (Lipinski definition) is 2. The van der Waals surface area contributed by atoms with Crippen LogP contribution in [0.4, 0.5) is 0 Å². The van der Waals surface area contributed by atoms with Gasteiger partial charge >= 0.3 is 0 Å². The van der Waals surface area contributed by atoms with Gasteiger partial charge in [0.05, 0.1) is 6.04 Å². The van der Waals surface area contributed by atoms with Crippen LogP contribution >= 0.6 is 11.6 Å². The average Bonchev–Trinajstić information content (AvgIpc) is 2.38. The summed E-state index contributed by atoms with van der Waals surface area (Å²) < 4.78 is 0. The Kier molecular flexibility index (Phi) is 6.03. The van der Waals surface area contributed by atoms with Gasteiger partial charge < -0.3 is 5.32 Å². The SMILES string of the molecule is CCC(C)(C)NC(=O)C(C)NC(C)c1cccc(Cl)c1. The van der Waals surface area contributed by atoms with E-state index in [1.165, 1.54) is 0 Å². The van der Waals surface area contributed by atoms with Crippen molar-refractivity contribution < 1.29 is 4.79 Å². The van der Waals surface area contributed by atoms with E-state index in [1.807, 2.05) is 52.0 Å². The topological polar surface area (TPSA) is 41.1 Å². The molecule has 2 atom stereocenters.